The van der Waals surface area contributed by atoms with Crippen LogP contribution in [0.3, 0.4) is 0 Å². The molecule has 0 saturated heterocycles. The van der Waals surface area contributed by atoms with Crippen LogP contribution in [0, 0.1) is 0 Å². The van der Waals surface area contributed by atoms with Gasteiger partial charge in [-0.1, -0.05) is 38.1 Å². The molecule has 0 aliphatic heterocycles. The van der Waals surface area contributed by atoms with Crippen molar-refractivity contribution in [3.05, 3.63) is 64.8 Å². The van der Waals surface area contributed by atoms with E-state index in [4.69, 9.17) is 0 Å². The first-order valence-corrected chi connectivity index (χ1v) is 6.72. The Hall–Kier alpha value is -2.42. The van der Waals surface area contributed by atoms with Crippen LogP contribution in [0.15, 0.2) is 53.7 Å². The van der Waals surface area contributed by atoms with Crippen molar-refractivity contribution in [2.24, 2.45) is 0 Å². The smallest absolute Gasteiger partial charge is 0.255 e. The lowest BCUT2D eigenvalue weighted by Gasteiger charge is -2.09. The van der Waals surface area contributed by atoms with Gasteiger partial charge in [-0.3, -0.25) is 9.78 Å². The Balaban J connectivity index is 2.20. The van der Waals surface area contributed by atoms with Crippen LogP contribution >= 0.6 is 0 Å². The zero-order valence-corrected chi connectivity index (χ0v) is 11.6. The summed E-state index contributed by atoms with van der Waals surface area (Å²) < 4.78 is 0. The van der Waals surface area contributed by atoms with Gasteiger partial charge in [0.05, 0.1) is 5.39 Å². The summed E-state index contributed by atoms with van der Waals surface area (Å²) in [5, 5.41) is 1.55. The quantitative estimate of drug-likeness (QED) is 0.766. The van der Waals surface area contributed by atoms with E-state index in [2.05, 4.69) is 48.1 Å². The number of aromatic nitrogens is 2. The lowest BCUT2D eigenvalue weighted by Crippen LogP contribution is -2.06. The lowest BCUT2D eigenvalue weighted by molar-refractivity contribution is 0.867. The first kappa shape index (κ1) is 12.6. The summed E-state index contributed by atoms with van der Waals surface area (Å²) in [6.45, 7) is 4.35. The molecule has 0 bridgehead atoms. The number of nitrogens with zero attached hydrogens (tertiary/aromatic N) is 1. The van der Waals surface area contributed by atoms with Gasteiger partial charge in [-0.2, -0.15) is 0 Å². The molecule has 0 aliphatic carbocycles. The molecule has 2 aromatic heterocycles. The Labute approximate surface area is 117 Å². The fourth-order valence-corrected chi connectivity index (χ4v) is 2.39. The number of fused-ring (bicyclic) bond motifs is 1. The van der Waals surface area contributed by atoms with Crippen molar-refractivity contribution in [1.82, 2.24) is 9.97 Å². The summed E-state index contributed by atoms with van der Waals surface area (Å²) in [4.78, 5) is 18.8. The third-order valence-corrected chi connectivity index (χ3v) is 3.59. The number of hydrogen-bond acceptors (Lipinski definition) is 2. The molecule has 0 saturated carbocycles. The molecule has 3 aromatic rings. The van der Waals surface area contributed by atoms with E-state index in [1.165, 1.54) is 5.56 Å². The van der Waals surface area contributed by atoms with Gasteiger partial charge >= 0.3 is 0 Å². The fourth-order valence-electron chi connectivity index (χ4n) is 2.39. The second-order valence-corrected chi connectivity index (χ2v) is 5.23. The Morgan fingerprint density at radius 1 is 1.05 bits per heavy atom. The van der Waals surface area contributed by atoms with Crippen LogP contribution < -0.4 is 5.56 Å². The molecule has 0 amide bonds. The van der Waals surface area contributed by atoms with Crippen molar-refractivity contribution in [2.75, 3.05) is 0 Å². The third-order valence-electron chi connectivity index (χ3n) is 3.59. The highest BCUT2D eigenvalue weighted by molar-refractivity contribution is 5.94. The average molecular weight is 264 g/mol. The van der Waals surface area contributed by atoms with Crippen molar-refractivity contribution >= 4 is 10.8 Å². The van der Waals surface area contributed by atoms with Crippen LogP contribution in [0.25, 0.3) is 21.9 Å². The SMILES string of the molecule is CC(C)c1ccc(-c2c[nH]c(=O)c3ccncc23)cc1. The molecule has 0 radical (unpaired) electrons. The van der Waals surface area contributed by atoms with E-state index < -0.39 is 0 Å². The molecule has 3 heteroatoms. The van der Waals surface area contributed by atoms with Gasteiger partial charge in [-0.25, -0.2) is 0 Å². The second-order valence-electron chi connectivity index (χ2n) is 5.23. The number of benzene rings is 1. The summed E-state index contributed by atoms with van der Waals surface area (Å²) in [5.41, 5.74) is 3.32. The molecule has 2 heterocycles. The summed E-state index contributed by atoms with van der Waals surface area (Å²) in [5.74, 6) is 0.512. The maximum Gasteiger partial charge on any atom is 0.255 e. The summed E-state index contributed by atoms with van der Waals surface area (Å²) in [6, 6.07) is 10.2. The van der Waals surface area contributed by atoms with E-state index in [0.717, 1.165) is 16.5 Å². The number of aromatic amines is 1. The molecule has 1 N–H and O–H groups in total. The van der Waals surface area contributed by atoms with Gasteiger partial charge in [-0.15, -0.1) is 0 Å². The first-order chi connectivity index (χ1) is 9.66. The third kappa shape index (κ3) is 2.11. The van der Waals surface area contributed by atoms with E-state index in [0.29, 0.717) is 11.3 Å². The Kier molecular flexibility index (Phi) is 3.11. The highest BCUT2D eigenvalue weighted by atomic mass is 16.1. The Morgan fingerprint density at radius 2 is 1.80 bits per heavy atom. The van der Waals surface area contributed by atoms with E-state index >= 15 is 0 Å². The van der Waals surface area contributed by atoms with Crippen molar-refractivity contribution in [1.29, 1.82) is 0 Å². The van der Waals surface area contributed by atoms with Gasteiger partial charge in [-0.05, 0) is 23.1 Å². The molecule has 20 heavy (non-hydrogen) atoms. The van der Waals surface area contributed by atoms with Crippen molar-refractivity contribution in [3.8, 4) is 11.1 Å². The second kappa shape index (κ2) is 4.93. The maximum atomic E-state index is 11.8. The van der Waals surface area contributed by atoms with Gasteiger partial charge in [0.25, 0.3) is 5.56 Å². The predicted molar refractivity (Wildman–Crippen MR) is 81.9 cm³/mol. The van der Waals surface area contributed by atoms with Gasteiger partial charge < -0.3 is 4.98 Å². The van der Waals surface area contributed by atoms with Crippen LogP contribution in [0.2, 0.25) is 0 Å². The normalized spacial score (nSPS) is 11.2. The molecular weight excluding hydrogens is 248 g/mol. The monoisotopic (exact) mass is 264 g/mol. The molecule has 1 aromatic carbocycles. The molecule has 0 aliphatic rings. The van der Waals surface area contributed by atoms with E-state index in [-0.39, 0.29) is 5.56 Å². The number of H-pyrrole nitrogens is 1. The Bertz CT molecular complexity index is 801. The maximum absolute atomic E-state index is 11.8. The van der Waals surface area contributed by atoms with Crippen LogP contribution in [-0.4, -0.2) is 9.97 Å². The Morgan fingerprint density at radius 3 is 2.50 bits per heavy atom. The van der Waals surface area contributed by atoms with Gasteiger partial charge in [0.1, 0.15) is 0 Å². The van der Waals surface area contributed by atoms with Crippen LogP contribution in [0.4, 0.5) is 0 Å². The highest BCUT2D eigenvalue weighted by Crippen LogP contribution is 2.26. The van der Waals surface area contributed by atoms with E-state index in [1.54, 1.807) is 24.7 Å². The number of hydrogen-bond donors (Lipinski definition) is 1. The lowest BCUT2D eigenvalue weighted by atomic mass is 9.97. The molecule has 3 rings (SSSR count). The van der Waals surface area contributed by atoms with Gasteiger partial charge in [0.2, 0.25) is 0 Å². The zero-order valence-electron chi connectivity index (χ0n) is 11.6. The average Bonchev–Trinajstić information content (AvgIpc) is 2.48. The minimum Gasteiger partial charge on any atom is -0.328 e. The van der Waals surface area contributed by atoms with E-state index in [1.807, 2.05) is 0 Å². The fraction of sp³-hybridized carbons (Fsp3) is 0.176. The molecule has 100 valence electrons. The largest absolute Gasteiger partial charge is 0.328 e. The minimum absolute atomic E-state index is 0.0787. The molecular formula is C17H16N2O. The number of nitrogens with one attached hydrogen (secondary N) is 1. The molecule has 0 spiro atoms. The molecule has 0 fully saturated rings. The van der Waals surface area contributed by atoms with Gasteiger partial charge in [0.15, 0.2) is 0 Å². The van der Waals surface area contributed by atoms with Crippen LogP contribution in [0.1, 0.15) is 25.3 Å². The zero-order chi connectivity index (χ0) is 14.1. The van der Waals surface area contributed by atoms with Crippen LogP contribution in [0.5, 0.6) is 0 Å². The summed E-state index contributed by atoms with van der Waals surface area (Å²) >= 11 is 0. The molecule has 0 atom stereocenters. The standard InChI is InChI=1S/C17H16N2O/c1-11(2)12-3-5-13(6-4-12)15-10-19-17(20)14-7-8-18-9-16(14)15/h3-11H,1-2H3,(H,19,20). The highest BCUT2D eigenvalue weighted by Gasteiger charge is 2.07. The molecule has 0 unspecified atom stereocenters. The minimum atomic E-state index is -0.0787. The topological polar surface area (TPSA) is 45.8 Å². The summed E-state index contributed by atoms with van der Waals surface area (Å²) in [6.07, 6.45) is 5.15. The van der Waals surface area contributed by atoms with Gasteiger partial charge in [0, 0.05) is 29.5 Å². The van der Waals surface area contributed by atoms with Crippen molar-refractivity contribution < 1.29 is 0 Å². The summed E-state index contributed by atoms with van der Waals surface area (Å²) in [7, 11) is 0. The first-order valence-electron chi connectivity index (χ1n) is 6.72. The number of pyridine rings is 2. The number of rotatable bonds is 2. The van der Waals surface area contributed by atoms with E-state index in [9.17, 15) is 4.79 Å². The van der Waals surface area contributed by atoms with Crippen molar-refractivity contribution in [3.63, 3.8) is 0 Å². The predicted octanol–water partition coefficient (Wildman–Crippen LogP) is 3.71. The van der Waals surface area contributed by atoms with Crippen molar-refractivity contribution in [2.45, 2.75) is 19.8 Å². The molecule has 3 nitrogen and oxygen atoms in total. The van der Waals surface area contributed by atoms with Crippen LogP contribution in [-0.2, 0) is 0 Å².